The highest BCUT2D eigenvalue weighted by Gasteiger charge is 2.26. The van der Waals surface area contributed by atoms with Gasteiger partial charge in [0.05, 0.1) is 6.61 Å². The highest BCUT2D eigenvalue weighted by molar-refractivity contribution is 5.81. The van der Waals surface area contributed by atoms with E-state index in [2.05, 4.69) is 16.6 Å². The van der Waals surface area contributed by atoms with Crippen LogP contribution < -0.4 is 5.32 Å². The first kappa shape index (κ1) is 15.4. The maximum atomic E-state index is 11.5. The van der Waals surface area contributed by atoms with Gasteiger partial charge in [-0.2, -0.15) is 0 Å². The predicted octanol–water partition coefficient (Wildman–Crippen LogP) is 0.601. The summed E-state index contributed by atoms with van der Waals surface area (Å²) in [6.45, 7) is 7.91. The minimum absolute atomic E-state index is 0.0261. The van der Waals surface area contributed by atoms with Crippen LogP contribution in [0.4, 0.5) is 4.79 Å². The van der Waals surface area contributed by atoms with Crippen LogP contribution in [0, 0.1) is 0 Å². The van der Waals surface area contributed by atoms with Crippen molar-refractivity contribution in [3.05, 3.63) is 12.7 Å². The van der Waals surface area contributed by atoms with Gasteiger partial charge in [0.25, 0.3) is 0 Å². The first-order chi connectivity index (χ1) is 7.80. The molecule has 1 amide bonds. The average molecular weight is 245 g/mol. The molecule has 0 aliphatic heterocycles. The van der Waals surface area contributed by atoms with Crippen LogP contribution in [0.3, 0.4) is 0 Å². The Labute approximate surface area is 101 Å². The average Bonchev–Trinajstić information content (AvgIpc) is 2.20. The number of esters is 1. The van der Waals surface area contributed by atoms with E-state index < -0.39 is 30.3 Å². The number of carbonyl (C=O) groups is 2. The summed E-state index contributed by atoms with van der Waals surface area (Å²) >= 11 is 0. The van der Waals surface area contributed by atoms with Crippen LogP contribution in [-0.4, -0.2) is 42.0 Å². The van der Waals surface area contributed by atoms with Crippen molar-refractivity contribution in [2.24, 2.45) is 0 Å². The monoisotopic (exact) mass is 245 g/mol. The van der Waals surface area contributed by atoms with Gasteiger partial charge < -0.3 is 19.9 Å². The van der Waals surface area contributed by atoms with Crippen LogP contribution in [0.25, 0.3) is 0 Å². The Morgan fingerprint density at radius 3 is 2.47 bits per heavy atom. The van der Waals surface area contributed by atoms with Crippen LogP contribution in [-0.2, 0) is 14.3 Å². The SMILES string of the molecule is C=CCOC(=O)N[C@@H](CO)C(=O)OC(C)(C)C. The molecular weight excluding hydrogens is 226 g/mol. The standard InChI is InChI=1S/C11H19NO5/c1-5-6-16-10(15)12-8(7-13)9(14)17-11(2,3)4/h5,8,13H,1,6-7H2,2-4H3,(H,12,15)/t8-/m0/s1. The van der Waals surface area contributed by atoms with Crippen LogP contribution in [0.1, 0.15) is 20.8 Å². The van der Waals surface area contributed by atoms with Crippen LogP contribution in [0.5, 0.6) is 0 Å². The fourth-order valence-corrected chi connectivity index (χ4v) is 0.871. The van der Waals surface area contributed by atoms with Crippen molar-refractivity contribution in [2.75, 3.05) is 13.2 Å². The number of hydrogen-bond acceptors (Lipinski definition) is 5. The molecule has 17 heavy (non-hydrogen) atoms. The van der Waals surface area contributed by atoms with Crippen LogP contribution in [0.15, 0.2) is 12.7 Å². The smallest absolute Gasteiger partial charge is 0.408 e. The molecule has 0 aliphatic rings. The predicted molar refractivity (Wildman–Crippen MR) is 61.4 cm³/mol. The Bertz CT molecular complexity index is 282. The number of carbonyl (C=O) groups excluding carboxylic acids is 2. The summed E-state index contributed by atoms with van der Waals surface area (Å²) in [6.07, 6.45) is 0.580. The summed E-state index contributed by atoms with van der Waals surface area (Å²) < 4.78 is 9.62. The number of ether oxygens (including phenoxy) is 2. The van der Waals surface area contributed by atoms with Crippen LogP contribution >= 0.6 is 0 Å². The van der Waals surface area contributed by atoms with E-state index in [9.17, 15) is 9.59 Å². The van der Waals surface area contributed by atoms with E-state index in [1.54, 1.807) is 20.8 Å². The first-order valence-electron chi connectivity index (χ1n) is 5.18. The van der Waals surface area contributed by atoms with Gasteiger partial charge >= 0.3 is 12.1 Å². The Balaban J connectivity index is 4.27. The molecule has 0 radical (unpaired) electrons. The van der Waals surface area contributed by atoms with Crippen molar-refractivity contribution in [3.63, 3.8) is 0 Å². The molecule has 0 rings (SSSR count). The van der Waals surface area contributed by atoms with Crippen molar-refractivity contribution < 1.29 is 24.2 Å². The number of aliphatic hydroxyl groups excluding tert-OH is 1. The fraction of sp³-hybridized carbons (Fsp3) is 0.636. The number of hydrogen-bond donors (Lipinski definition) is 2. The van der Waals surface area contributed by atoms with E-state index in [0.29, 0.717) is 0 Å². The molecular formula is C11H19NO5. The van der Waals surface area contributed by atoms with Gasteiger partial charge in [0.2, 0.25) is 0 Å². The van der Waals surface area contributed by atoms with Crippen molar-refractivity contribution in [1.82, 2.24) is 5.32 Å². The molecule has 0 saturated heterocycles. The van der Waals surface area contributed by atoms with E-state index in [1.807, 2.05) is 0 Å². The van der Waals surface area contributed by atoms with Crippen molar-refractivity contribution in [2.45, 2.75) is 32.4 Å². The van der Waals surface area contributed by atoms with E-state index >= 15 is 0 Å². The zero-order valence-corrected chi connectivity index (χ0v) is 10.4. The molecule has 0 aliphatic carbocycles. The zero-order valence-electron chi connectivity index (χ0n) is 10.4. The zero-order chi connectivity index (χ0) is 13.5. The van der Waals surface area contributed by atoms with E-state index in [0.717, 1.165) is 0 Å². The van der Waals surface area contributed by atoms with E-state index in [4.69, 9.17) is 9.84 Å². The molecule has 6 heteroatoms. The van der Waals surface area contributed by atoms with Gasteiger partial charge in [-0.1, -0.05) is 12.7 Å². The largest absolute Gasteiger partial charge is 0.458 e. The molecule has 0 bridgehead atoms. The van der Waals surface area contributed by atoms with Gasteiger partial charge in [-0.3, -0.25) is 0 Å². The molecule has 0 aromatic heterocycles. The molecule has 0 spiro atoms. The molecule has 0 aromatic rings. The molecule has 0 fully saturated rings. The third-order valence-electron chi connectivity index (χ3n) is 1.50. The Kier molecular flexibility index (Phi) is 6.27. The lowest BCUT2D eigenvalue weighted by Crippen LogP contribution is -2.46. The minimum atomic E-state index is -1.13. The van der Waals surface area contributed by atoms with E-state index in [-0.39, 0.29) is 6.61 Å². The van der Waals surface area contributed by atoms with Gasteiger partial charge in [0.15, 0.2) is 6.04 Å². The van der Waals surface area contributed by atoms with Crippen molar-refractivity contribution in [1.29, 1.82) is 0 Å². The van der Waals surface area contributed by atoms with Crippen LogP contribution in [0.2, 0.25) is 0 Å². The van der Waals surface area contributed by atoms with Gasteiger partial charge in [-0.15, -0.1) is 0 Å². The lowest BCUT2D eigenvalue weighted by atomic mass is 10.2. The first-order valence-corrected chi connectivity index (χ1v) is 5.18. The Morgan fingerprint density at radius 2 is 2.06 bits per heavy atom. The second-order valence-electron chi connectivity index (χ2n) is 4.30. The second-order valence-corrected chi connectivity index (χ2v) is 4.30. The minimum Gasteiger partial charge on any atom is -0.458 e. The lowest BCUT2D eigenvalue weighted by Gasteiger charge is -2.23. The second kappa shape index (κ2) is 6.90. The quantitative estimate of drug-likeness (QED) is 0.547. The molecule has 0 unspecified atom stereocenters. The maximum absolute atomic E-state index is 11.5. The highest BCUT2D eigenvalue weighted by Crippen LogP contribution is 2.08. The van der Waals surface area contributed by atoms with E-state index in [1.165, 1.54) is 6.08 Å². The summed E-state index contributed by atoms with van der Waals surface area (Å²) in [5.41, 5.74) is -0.683. The maximum Gasteiger partial charge on any atom is 0.408 e. The van der Waals surface area contributed by atoms with Crippen molar-refractivity contribution >= 4 is 12.1 Å². The third kappa shape index (κ3) is 7.35. The lowest BCUT2D eigenvalue weighted by molar-refractivity contribution is -0.158. The molecule has 0 aromatic carbocycles. The fourth-order valence-electron chi connectivity index (χ4n) is 0.871. The normalized spacial score (nSPS) is 12.5. The summed E-state index contributed by atoms with van der Waals surface area (Å²) in [4.78, 5) is 22.7. The summed E-state index contributed by atoms with van der Waals surface area (Å²) in [5.74, 6) is -0.712. The molecule has 0 heterocycles. The summed E-state index contributed by atoms with van der Waals surface area (Å²) in [6, 6.07) is -1.13. The van der Waals surface area contributed by atoms with Gasteiger partial charge in [0, 0.05) is 0 Å². The van der Waals surface area contributed by atoms with Gasteiger partial charge in [-0.05, 0) is 20.8 Å². The van der Waals surface area contributed by atoms with Gasteiger partial charge in [-0.25, -0.2) is 9.59 Å². The summed E-state index contributed by atoms with van der Waals surface area (Å²) in [5, 5.41) is 11.2. The number of amides is 1. The molecule has 98 valence electrons. The molecule has 6 nitrogen and oxygen atoms in total. The molecule has 1 atom stereocenters. The van der Waals surface area contributed by atoms with Crippen molar-refractivity contribution in [3.8, 4) is 0 Å². The number of alkyl carbamates (subject to hydrolysis) is 1. The number of aliphatic hydroxyl groups is 1. The molecule has 0 saturated carbocycles. The Morgan fingerprint density at radius 1 is 1.47 bits per heavy atom. The number of rotatable bonds is 5. The Hall–Kier alpha value is -1.56. The summed E-state index contributed by atoms with van der Waals surface area (Å²) in [7, 11) is 0. The van der Waals surface area contributed by atoms with Gasteiger partial charge in [0.1, 0.15) is 12.2 Å². The highest BCUT2D eigenvalue weighted by atomic mass is 16.6. The number of nitrogens with one attached hydrogen (secondary N) is 1. The topological polar surface area (TPSA) is 84.9 Å². The third-order valence-corrected chi connectivity index (χ3v) is 1.50. The molecule has 2 N–H and O–H groups in total.